The zero-order valence-electron chi connectivity index (χ0n) is 9.49. The molecule has 15 heavy (non-hydrogen) atoms. The minimum atomic E-state index is -0.260. The van der Waals surface area contributed by atoms with E-state index in [0.29, 0.717) is 5.70 Å². The minimum absolute atomic E-state index is 0.145. The van der Waals surface area contributed by atoms with E-state index in [1.165, 1.54) is 4.90 Å². The Hall–Kier alpha value is -1.29. The first-order chi connectivity index (χ1) is 7.04. The highest BCUT2D eigenvalue weighted by molar-refractivity contribution is 5.79. The van der Waals surface area contributed by atoms with Gasteiger partial charge in [-0.05, 0) is 26.3 Å². The zero-order chi connectivity index (χ0) is 11.4. The Labute approximate surface area is 90.6 Å². The second-order valence-electron chi connectivity index (χ2n) is 3.63. The van der Waals surface area contributed by atoms with Gasteiger partial charge in [-0.15, -0.1) is 0 Å². The van der Waals surface area contributed by atoms with Gasteiger partial charge in [0.15, 0.2) is 0 Å². The number of carbonyl (C=O) groups is 1. The average molecular weight is 210 g/mol. The van der Waals surface area contributed by atoms with Crippen LogP contribution in [-0.2, 0) is 4.74 Å². The molecule has 1 aliphatic rings. The first-order valence-electron chi connectivity index (χ1n) is 5.16. The molecule has 1 aliphatic heterocycles. The SMILES string of the molecule is C=C1C=CN([C@@H](C)O[C@@H](C)CC)C(=O)N1. The Balaban J connectivity index is 2.59. The van der Waals surface area contributed by atoms with E-state index in [2.05, 4.69) is 11.9 Å². The third-order valence-electron chi connectivity index (χ3n) is 2.33. The number of ether oxygens (including phenoxy) is 1. The van der Waals surface area contributed by atoms with Gasteiger partial charge >= 0.3 is 6.03 Å². The normalized spacial score (nSPS) is 20.1. The van der Waals surface area contributed by atoms with Crippen molar-refractivity contribution in [3.8, 4) is 0 Å². The molecule has 0 saturated carbocycles. The fraction of sp³-hybridized carbons (Fsp3) is 0.545. The number of allylic oxidation sites excluding steroid dienone is 1. The van der Waals surface area contributed by atoms with E-state index in [1.54, 1.807) is 12.3 Å². The number of nitrogens with zero attached hydrogens (tertiary/aromatic N) is 1. The lowest BCUT2D eigenvalue weighted by atomic mass is 10.3. The molecule has 0 spiro atoms. The topological polar surface area (TPSA) is 41.6 Å². The van der Waals surface area contributed by atoms with Crippen molar-refractivity contribution < 1.29 is 9.53 Å². The van der Waals surface area contributed by atoms with E-state index in [1.807, 2.05) is 20.8 Å². The summed E-state index contributed by atoms with van der Waals surface area (Å²) in [6.45, 7) is 9.53. The van der Waals surface area contributed by atoms with Crippen molar-refractivity contribution in [2.45, 2.75) is 39.5 Å². The first kappa shape index (κ1) is 11.8. The van der Waals surface area contributed by atoms with Gasteiger partial charge in [0, 0.05) is 11.9 Å². The zero-order valence-corrected chi connectivity index (χ0v) is 9.49. The van der Waals surface area contributed by atoms with E-state index < -0.39 is 0 Å². The predicted molar refractivity (Wildman–Crippen MR) is 59.0 cm³/mol. The molecule has 0 aromatic rings. The first-order valence-corrected chi connectivity index (χ1v) is 5.16. The van der Waals surface area contributed by atoms with Gasteiger partial charge in [0.2, 0.25) is 0 Å². The van der Waals surface area contributed by atoms with Gasteiger partial charge in [-0.1, -0.05) is 13.5 Å². The quantitative estimate of drug-likeness (QED) is 0.772. The van der Waals surface area contributed by atoms with Crippen molar-refractivity contribution in [3.63, 3.8) is 0 Å². The standard InChI is InChI=1S/C11H18N2O2/c1-5-9(3)15-10(4)13-7-6-8(2)12-11(13)14/h6-7,9-10H,2,5H2,1,3-4H3,(H,12,14)/t9-,10+/m0/s1. The third kappa shape index (κ3) is 3.09. The molecule has 0 radical (unpaired) electrons. The molecule has 0 aromatic heterocycles. The van der Waals surface area contributed by atoms with Gasteiger partial charge in [0.05, 0.1) is 6.10 Å². The van der Waals surface area contributed by atoms with Gasteiger partial charge in [-0.25, -0.2) is 4.79 Å². The second kappa shape index (κ2) is 4.98. The summed E-state index contributed by atoms with van der Waals surface area (Å²) < 4.78 is 5.63. The molecular weight excluding hydrogens is 192 g/mol. The molecule has 1 heterocycles. The molecule has 0 fully saturated rings. The Morgan fingerprint density at radius 3 is 2.80 bits per heavy atom. The van der Waals surface area contributed by atoms with E-state index in [9.17, 15) is 4.79 Å². The third-order valence-corrected chi connectivity index (χ3v) is 2.33. The molecule has 2 amide bonds. The van der Waals surface area contributed by atoms with Crippen LogP contribution >= 0.6 is 0 Å². The highest BCUT2D eigenvalue weighted by Crippen LogP contribution is 2.11. The Bertz CT molecular complexity index is 286. The lowest BCUT2D eigenvalue weighted by molar-refractivity contribution is -0.0498. The molecular formula is C11H18N2O2. The number of urea groups is 1. The van der Waals surface area contributed by atoms with Crippen LogP contribution in [0.15, 0.2) is 24.6 Å². The molecule has 0 saturated heterocycles. The van der Waals surface area contributed by atoms with Crippen LogP contribution in [0.25, 0.3) is 0 Å². The lowest BCUT2D eigenvalue weighted by Gasteiger charge is -2.30. The van der Waals surface area contributed by atoms with Crippen LogP contribution < -0.4 is 5.32 Å². The predicted octanol–water partition coefficient (Wildman–Crippen LogP) is 2.20. The summed E-state index contributed by atoms with van der Waals surface area (Å²) in [5.41, 5.74) is 0.604. The molecule has 84 valence electrons. The Morgan fingerprint density at radius 1 is 1.60 bits per heavy atom. The summed E-state index contributed by atoms with van der Waals surface area (Å²) in [7, 11) is 0. The van der Waals surface area contributed by atoms with Crippen molar-refractivity contribution >= 4 is 6.03 Å². The van der Waals surface area contributed by atoms with E-state index in [-0.39, 0.29) is 18.4 Å². The second-order valence-corrected chi connectivity index (χ2v) is 3.63. The molecule has 4 nitrogen and oxygen atoms in total. The fourth-order valence-corrected chi connectivity index (χ4v) is 1.27. The lowest BCUT2D eigenvalue weighted by Crippen LogP contribution is -2.45. The largest absolute Gasteiger partial charge is 0.355 e. The molecule has 2 atom stereocenters. The van der Waals surface area contributed by atoms with Crippen LogP contribution in [0.3, 0.4) is 0 Å². The van der Waals surface area contributed by atoms with Gasteiger partial charge in [-0.2, -0.15) is 0 Å². The van der Waals surface area contributed by atoms with Gasteiger partial charge in [0.25, 0.3) is 0 Å². The van der Waals surface area contributed by atoms with Gasteiger partial charge in [0.1, 0.15) is 6.23 Å². The van der Waals surface area contributed by atoms with Crippen molar-refractivity contribution in [1.82, 2.24) is 10.2 Å². The highest BCUT2D eigenvalue weighted by Gasteiger charge is 2.22. The van der Waals surface area contributed by atoms with Crippen LogP contribution in [0.4, 0.5) is 4.79 Å². The van der Waals surface area contributed by atoms with Gasteiger partial charge < -0.3 is 10.1 Å². The Kier molecular flexibility index (Phi) is 3.91. The van der Waals surface area contributed by atoms with Crippen molar-refractivity contribution in [2.75, 3.05) is 0 Å². The molecule has 4 heteroatoms. The summed E-state index contributed by atoms with van der Waals surface area (Å²) in [4.78, 5) is 13.1. The molecule has 1 N–H and O–H groups in total. The number of amides is 2. The minimum Gasteiger partial charge on any atom is -0.355 e. The number of hydrogen-bond donors (Lipinski definition) is 1. The summed E-state index contributed by atoms with van der Waals surface area (Å²) in [6, 6.07) is -0.196. The maximum atomic E-state index is 11.5. The monoisotopic (exact) mass is 210 g/mol. The maximum Gasteiger partial charge on any atom is 0.327 e. The fourth-order valence-electron chi connectivity index (χ4n) is 1.27. The molecule has 0 bridgehead atoms. The van der Waals surface area contributed by atoms with Crippen LogP contribution in [0.2, 0.25) is 0 Å². The maximum absolute atomic E-state index is 11.5. The summed E-state index contributed by atoms with van der Waals surface area (Å²) >= 11 is 0. The highest BCUT2D eigenvalue weighted by atomic mass is 16.5. The van der Waals surface area contributed by atoms with E-state index in [0.717, 1.165) is 6.42 Å². The summed E-state index contributed by atoms with van der Waals surface area (Å²) in [5.74, 6) is 0. The molecule has 0 aliphatic carbocycles. The van der Waals surface area contributed by atoms with E-state index >= 15 is 0 Å². The summed E-state index contributed by atoms with van der Waals surface area (Å²) in [6.07, 6.45) is 4.25. The molecule has 1 rings (SSSR count). The number of hydrogen-bond acceptors (Lipinski definition) is 2. The molecule has 0 unspecified atom stereocenters. The summed E-state index contributed by atoms with van der Waals surface area (Å²) in [5, 5.41) is 2.63. The van der Waals surface area contributed by atoms with Crippen molar-refractivity contribution in [1.29, 1.82) is 0 Å². The number of nitrogens with one attached hydrogen (secondary N) is 1. The smallest absolute Gasteiger partial charge is 0.327 e. The van der Waals surface area contributed by atoms with Gasteiger partial charge in [-0.3, -0.25) is 4.90 Å². The average Bonchev–Trinajstić information content (AvgIpc) is 2.17. The number of rotatable bonds is 4. The van der Waals surface area contributed by atoms with Crippen LogP contribution in [-0.4, -0.2) is 23.3 Å². The van der Waals surface area contributed by atoms with Crippen molar-refractivity contribution in [3.05, 3.63) is 24.6 Å². The van der Waals surface area contributed by atoms with Crippen LogP contribution in [0.1, 0.15) is 27.2 Å². The van der Waals surface area contributed by atoms with Crippen LogP contribution in [0.5, 0.6) is 0 Å². The van der Waals surface area contributed by atoms with Crippen LogP contribution in [0, 0.1) is 0 Å². The Morgan fingerprint density at radius 2 is 2.27 bits per heavy atom. The van der Waals surface area contributed by atoms with Crippen molar-refractivity contribution in [2.24, 2.45) is 0 Å². The molecule has 0 aromatic carbocycles. The van der Waals surface area contributed by atoms with E-state index in [4.69, 9.17) is 4.74 Å². The number of carbonyl (C=O) groups excluding carboxylic acids is 1.